The van der Waals surface area contributed by atoms with E-state index in [0.29, 0.717) is 0 Å². The molecule has 176 valence electrons. The van der Waals surface area contributed by atoms with Crippen LogP contribution in [0.5, 0.6) is 0 Å². The van der Waals surface area contributed by atoms with Gasteiger partial charge in [-0.05, 0) is 94.5 Å². The summed E-state index contributed by atoms with van der Waals surface area (Å²) in [5.74, 6) is -0.410. The second kappa shape index (κ2) is 8.13. The van der Waals surface area contributed by atoms with Gasteiger partial charge in [0.25, 0.3) is 0 Å². The Morgan fingerprint density at radius 1 is 0.528 bits per heavy atom. The Morgan fingerprint density at radius 2 is 0.972 bits per heavy atom. The smallest absolute Gasteiger partial charge is 0.123 e. The topological polar surface area (TPSA) is 0 Å². The summed E-state index contributed by atoms with van der Waals surface area (Å²) in [6.07, 6.45) is 10.4. The molecule has 0 nitrogen and oxygen atoms in total. The molecule has 0 radical (unpaired) electrons. The number of halogens is 2. The normalized spacial score (nSPS) is 17.2. The first kappa shape index (κ1) is 21.5. The van der Waals surface area contributed by atoms with E-state index in [9.17, 15) is 8.78 Å². The first-order chi connectivity index (χ1) is 17.6. The fraction of sp³-hybridized carbons (Fsp3) is 0.176. The van der Waals surface area contributed by atoms with Gasteiger partial charge in [0.05, 0.1) is 0 Å². The summed E-state index contributed by atoms with van der Waals surface area (Å²) in [5, 5.41) is 0. The third-order valence-electron chi connectivity index (χ3n) is 8.54. The molecule has 7 rings (SSSR count). The van der Waals surface area contributed by atoms with Gasteiger partial charge < -0.3 is 0 Å². The molecule has 4 aromatic carbocycles. The number of benzene rings is 4. The Kier molecular flexibility index (Phi) is 4.86. The average molecular weight is 473 g/mol. The van der Waals surface area contributed by atoms with Crippen molar-refractivity contribution in [3.63, 3.8) is 0 Å². The van der Waals surface area contributed by atoms with Crippen molar-refractivity contribution >= 4 is 12.2 Å². The zero-order valence-electron chi connectivity index (χ0n) is 20.0. The summed E-state index contributed by atoms with van der Waals surface area (Å²) in [7, 11) is 0. The maximum absolute atomic E-state index is 13.6. The van der Waals surface area contributed by atoms with Crippen molar-refractivity contribution in [2.24, 2.45) is 5.41 Å². The van der Waals surface area contributed by atoms with E-state index < -0.39 is 0 Å². The third-order valence-corrected chi connectivity index (χ3v) is 8.54. The SMILES string of the molecule is Fc1ccc(-c2cccc3c2C=C(C2(C4=Cc5c(cccc5-c5ccc(F)cc5)C4)CCC2)C3)cc1. The molecule has 1 saturated carbocycles. The van der Waals surface area contributed by atoms with Crippen molar-refractivity contribution < 1.29 is 8.78 Å². The second-order valence-electron chi connectivity index (χ2n) is 10.4. The van der Waals surface area contributed by atoms with Crippen molar-refractivity contribution in [1.29, 1.82) is 0 Å². The lowest BCUT2D eigenvalue weighted by atomic mass is 9.59. The van der Waals surface area contributed by atoms with E-state index in [-0.39, 0.29) is 17.0 Å². The molecule has 0 aromatic heterocycles. The van der Waals surface area contributed by atoms with E-state index in [1.807, 2.05) is 24.3 Å². The summed E-state index contributed by atoms with van der Waals surface area (Å²) < 4.78 is 27.1. The summed E-state index contributed by atoms with van der Waals surface area (Å²) in [4.78, 5) is 0. The maximum Gasteiger partial charge on any atom is 0.123 e. The van der Waals surface area contributed by atoms with Gasteiger partial charge in [0.1, 0.15) is 11.6 Å². The van der Waals surface area contributed by atoms with E-state index >= 15 is 0 Å². The fourth-order valence-electron chi connectivity index (χ4n) is 6.49. The highest BCUT2D eigenvalue weighted by Crippen LogP contribution is 2.58. The third kappa shape index (κ3) is 3.32. The molecule has 1 fully saturated rings. The van der Waals surface area contributed by atoms with Crippen LogP contribution in [0.2, 0.25) is 0 Å². The molecule has 0 amide bonds. The molecule has 4 aromatic rings. The Hall–Kier alpha value is -3.78. The first-order valence-corrected chi connectivity index (χ1v) is 12.8. The van der Waals surface area contributed by atoms with E-state index in [1.165, 1.54) is 63.8 Å². The lowest BCUT2D eigenvalue weighted by Gasteiger charge is -2.45. The zero-order valence-corrected chi connectivity index (χ0v) is 20.0. The van der Waals surface area contributed by atoms with Crippen molar-refractivity contribution in [3.8, 4) is 22.3 Å². The number of allylic oxidation sites excluding steroid dienone is 2. The van der Waals surface area contributed by atoms with Crippen molar-refractivity contribution in [2.45, 2.75) is 32.1 Å². The van der Waals surface area contributed by atoms with E-state index in [0.717, 1.165) is 24.0 Å². The Labute approximate surface area is 210 Å². The predicted molar refractivity (Wildman–Crippen MR) is 143 cm³/mol. The van der Waals surface area contributed by atoms with Crippen LogP contribution in [0.4, 0.5) is 8.78 Å². The highest BCUT2D eigenvalue weighted by atomic mass is 19.1. The molecule has 3 aliphatic rings. The molecule has 0 saturated heterocycles. The molecule has 2 heteroatoms. The second-order valence-corrected chi connectivity index (χ2v) is 10.4. The van der Waals surface area contributed by atoms with Gasteiger partial charge in [-0.15, -0.1) is 0 Å². The summed E-state index contributed by atoms with van der Waals surface area (Å²) in [6, 6.07) is 26.7. The standard InChI is InChI=1S/C34H26F2/c35-28-12-8-22(9-13-28)30-6-1-4-24-18-26(20-32(24)30)34(16-3-17-34)27-19-25-5-2-7-31(33(25)21-27)23-10-14-29(36)15-11-23/h1-2,4-15,20-21H,3,16-19H2. The van der Waals surface area contributed by atoms with Crippen LogP contribution in [-0.4, -0.2) is 0 Å². The van der Waals surface area contributed by atoms with Crippen LogP contribution in [-0.2, 0) is 12.8 Å². The van der Waals surface area contributed by atoms with Gasteiger partial charge >= 0.3 is 0 Å². The molecule has 0 bridgehead atoms. The molecule has 0 spiro atoms. The van der Waals surface area contributed by atoms with Gasteiger partial charge in [-0.1, -0.05) is 90.4 Å². The number of rotatable bonds is 4. The minimum absolute atomic E-state index is 0.109. The predicted octanol–water partition coefficient (Wildman–Crippen LogP) is 9.05. The van der Waals surface area contributed by atoms with E-state index in [4.69, 9.17) is 0 Å². The summed E-state index contributed by atoms with van der Waals surface area (Å²) in [6.45, 7) is 0. The Bertz CT molecular complexity index is 1430. The van der Waals surface area contributed by atoms with E-state index in [2.05, 4.69) is 48.6 Å². The van der Waals surface area contributed by atoms with E-state index in [1.54, 1.807) is 24.3 Å². The van der Waals surface area contributed by atoms with Gasteiger partial charge in [0.2, 0.25) is 0 Å². The molecule has 0 aliphatic heterocycles. The summed E-state index contributed by atoms with van der Waals surface area (Å²) >= 11 is 0. The highest BCUT2D eigenvalue weighted by molar-refractivity contribution is 5.84. The maximum atomic E-state index is 13.6. The summed E-state index contributed by atoms with van der Waals surface area (Å²) in [5.41, 5.74) is 12.9. The minimum Gasteiger partial charge on any atom is -0.207 e. The lowest BCUT2D eigenvalue weighted by molar-refractivity contribution is 0.235. The molecule has 3 aliphatic carbocycles. The number of fused-ring (bicyclic) bond motifs is 2. The monoisotopic (exact) mass is 472 g/mol. The van der Waals surface area contributed by atoms with Gasteiger partial charge in [-0.3, -0.25) is 0 Å². The van der Waals surface area contributed by atoms with Crippen molar-refractivity contribution in [2.75, 3.05) is 0 Å². The zero-order chi connectivity index (χ0) is 24.3. The molecule has 0 atom stereocenters. The van der Waals surface area contributed by atoms with Crippen LogP contribution >= 0.6 is 0 Å². The largest absolute Gasteiger partial charge is 0.207 e. The van der Waals surface area contributed by atoms with Crippen molar-refractivity contribution in [3.05, 3.63) is 130 Å². The van der Waals surface area contributed by atoms with Crippen molar-refractivity contribution in [1.82, 2.24) is 0 Å². The van der Waals surface area contributed by atoms with Gasteiger partial charge in [0, 0.05) is 5.41 Å². The molecule has 36 heavy (non-hydrogen) atoms. The van der Waals surface area contributed by atoms with Crippen LogP contribution in [0.15, 0.2) is 96.1 Å². The van der Waals surface area contributed by atoms with Crippen LogP contribution in [0, 0.1) is 17.0 Å². The quantitative estimate of drug-likeness (QED) is 0.278. The Morgan fingerprint density at radius 3 is 1.36 bits per heavy atom. The average Bonchev–Trinajstić information content (AvgIpc) is 3.49. The fourth-order valence-corrected chi connectivity index (χ4v) is 6.49. The number of hydrogen-bond donors (Lipinski definition) is 0. The molecule has 0 N–H and O–H groups in total. The molecular weight excluding hydrogens is 446 g/mol. The van der Waals surface area contributed by atoms with Crippen LogP contribution in [0.1, 0.15) is 41.5 Å². The molecular formula is C34H26F2. The molecule has 0 unspecified atom stereocenters. The number of hydrogen-bond acceptors (Lipinski definition) is 0. The van der Waals surface area contributed by atoms with Gasteiger partial charge in [0.15, 0.2) is 0 Å². The minimum atomic E-state index is -0.205. The molecule has 0 heterocycles. The van der Waals surface area contributed by atoms with Gasteiger partial charge in [-0.2, -0.15) is 0 Å². The van der Waals surface area contributed by atoms with Crippen LogP contribution < -0.4 is 0 Å². The Balaban J connectivity index is 1.28. The highest BCUT2D eigenvalue weighted by Gasteiger charge is 2.45. The first-order valence-electron chi connectivity index (χ1n) is 12.8. The van der Waals surface area contributed by atoms with Crippen LogP contribution in [0.25, 0.3) is 34.4 Å². The van der Waals surface area contributed by atoms with Gasteiger partial charge in [-0.25, -0.2) is 8.78 Å². The van der Waals surface area contributed by atoms with Crippen LogP contribution in [0.3, 0.4) is 0 Å². The lowest BCUT2D eigenvalue weighted by Crippen LogP contribution is -2.34.